The number of nitrogens with zero attached hydrogens (tertiary/aromatic N) is 2. The van der Waals surface area contributed by atoms with Crippen LogP contribution >= 0.6 is 0 Å². The van der Waals surface area contributed by atoms with Gasteiger partial charge in [-0.15, -0.1) is 0 Å². The van der Waals surface area contributed by atoms with Crippen LogP contribution in [-0.4, -0.2) is 42.2 Å². The van der Waals surface area contributed by atoms with Gasteiger partial charge in [-0.05, 0) is 31.2 Å². The Kier molecular flexibility index (Phi) is 4.15. The van der Waals surface area contributed by atoms with E-state index in [2.05, 4.69) is 29.2 Å². The van der Waals surface area contributed by atoms with E-state index < -0.39 is 0 Å². The SMILES string of the molecule is CCC(c1ccncc1)N(C)CC1CNC(=O)O1. The first-order valence-electron chi connectivity index (χ1n) is 6.25. The average molecular weight is 249 g/mol. The summed E-state index contributed by atoms with van der Waals surface area (Å²) >= 11 is 0. The van der Waals surface area contributed by atoms with Crippen LogP contribution in [0.25, 0.3) is 0 Å². The zero-order valence-electron chi connectivity index (χ0n) is 10.8. The molecule has 0 aliphatic carbocycles. The van der Waals surface area contributed by atoms with Gasteiger partial charge in [0.05, 0.1) is 6.54 Å². The van der Waals surface area contributed by atoms with Crippen LogP contribution in [0.5, 0.6) is 0 Å². The Hall–Kier alpha value is -1.62. The highest BCUT2D eigenvalue weighted by molar-refractivity contribution is 5.69. The lowest BCUT2D eigenvalue weighted by atomic mass is 10.0. The molecule has 2 atom stereocenters. The second-order valence-electron chi connectivity index (χ2n) is 4.55. The molecule has 1 aliphatic heterocycles. The Bertz CT molecular complexity index is 396. The zero-order chi connectivity index (χ0) is 13.0. The fourth-order valence-electron chi connectivity index (χ4n) is 2.37. The molecule has 0 bridgehead atoms. The van der Waals surface area contributed by atoms with Crippen LogP contribution < -0.4 is 5.32 Å². The quantitative estimate of drug-likeness (QED) is 0.860. The van der Waals surface area contributed by atoms with E-state index in [-0.39, 0.29) is 12.2 Å². The smallest absolute Gasteiger partial charge is 0.407 e. The molecule has 0 saturated carbocycles. The monoisotopic (exact) mass is 249 g/mol. The van der Waals surface area contributed by atoms with Crippen molar-refractivity contribution in [3.63, 3.8) is 0 Å². The molecule has 1 aromatic heterocycles. The lowest BCUT2D eigenvalue weighted by Crippen LogP contribution is -2.34. The van der Waals surface area contributed by atoms with Crippen LogP contribution in [0.2, 0.25) is 0 Å². The first kappa shape index (κ1) is 12.8. The van der Waals surface area contributed by atoms with Crippen LogP contribution in [0, 0.1) is 0 Å². The molecule has 98 valence electrons. The predicted octanol–water partition coefficient (Wildman–Crippen LogP) is 1.57. The summed E-state index contributed by atoms with van der Waals surface area (Å²) in [7, 11) is 2.06. The van der Waals surface area contributed by atoms with E-state index in [1.54, 1.807) is 0 Å². The average Bonchev–Trinajstić information content (AvgIpc) is 2.77. The number of cyclic esters (lactones) is 1. The molecule has 5 heteroatoms. The van der Waals surface area contributed by atoms with Gasteiger partial charge < -0.3 is 10.1 Å². The number of ether oxygens (including phenoxy) is 1. The summed E-state index contributed by atoms with van der Waals surface area (Å²) < 4.78 is 5.16. The van der Waals surface area contributed by atoms with Crippen molar-refractivity contribution in [2.75, 3.05) is 20.1 Å². The third kappa shape index (κ3) is 2.98. The molecule has 2 rings (SSSR count). The number of hydrogen-bond acceptors (Lipinski definition) is 4. The predicted molar refractivity (Wildman–Crippen MR) is 68.2 cm³/mol. The van der Waals surface area contributed by atoms with Crippen molar-refractivity contribution in [3.8, 4) is 0 Å². The van der Waals surface area contributed by atoms with E-state index in [0.29, 0.717) is 12.6 Å². The second kappa shape index (κ2) is 5.82. The van der Waals surface area contributed by atoms with Gasteiger partial charge in [-0.2, -0.15) is 0 Å². The van der Waals surface area contributed by atoms with Crippen LogP contribution in [0.4, 0.5) is 4.79 Å². The molecule has 1 aliphatic rings. The maximum absolute atomic E-state index is 11.0. The summed E-state index contributed by atoms with van der Waals surface area (Å²) in [6.07, 6.45) is 4.25. The van der Waals surface area contributed by atoms with Gasteiger partial charge in [0.15, 0.2) is 0 Å². The van der Waals surface area contributed by atoms with E-state index in [0.717, 1.165) is 13.0 Å². The number of amides is 1. The minimum Gasteiger partial charge on any atom is -0.443 e. The van der Waals surface area contributed by atoms with Crippen LogP contribution in [-0.2, 0) is 4.74 Å². The summed E-state index contributed by atoms with van der Waals surface area (Å²) in [5.74, 6) is 0. The van der Waals surface area contributed by atoms with Gasteiger partial charge >= 0.3 is 6.09 Å². The Balaban J connectivity index is 1.97. The highest BCUT2D eigenvalue weighted by atomic mass is 16.6. The number of pyridine rings is 1. The molecule has 0 aromatic carbocycles. The zero-order valence-corrected chi connectivity index (χ0v) is 10.8. The highest BCUT2D eigenvalue weighted by Gasteiger charge is 2.26. The van der Waals surface area contributed by atoms with Crippen LogP contribution in [0.15, 0.2) is 24.5 Å². The van der Waals surface area contributed by atoms with Gasteiger partial charge in [0, 0.05) is 25.0 Å². The number of likely N-dealkylation sites (N-methyl/N-ethyl adjacent to an activating group) is 1. The van der Waals surface area contributed by atoms with Crippen molar-refractivity contribution in [2.24, 2.45) is 0 Å². The van der Waals surface area contributed by atoms with Crippen molar-refractivity contribution in [1.29, 1.82) is 0 Å². The maximum Gasteiger partial charge on any atom is 0.407 e. The third-order valence-electron chi connectivity index (χ3n) is 3.25. The number of aromatic nitrogens is 1. The van der Waals surface area contributed by atoms with Crippen molar-refractivity contribution in [2.45, 2.75) is 25.5 Å². The molecule has 1 amide bonds. The molecule has 5 nitrogen and oxygen atoms in total. The lowest BCUT2D eigenvalue weighted by molar-refractivity contribution is 0.101. The lowest BCUT2D eigenvalue weighted by Gasteiger charge is -2.28. The standard InChI is InChI=1S/C13H19N3O2/c1-3-12(10-4-6-14-7-5-10)16(2)9-11-8-15-13(17)18-11/h4-7,11-12H,3,8-9H2,1-2H3,(H,15,17). The summed E-state index contributed by atoms with van der Waals surface area (Å²) in [6.45, 7) is 3.48. The van der Waals surface area contributed by atoms with Gasteiger partial charge in [-0.1, -0.05) is 6.92 Å². The summed E-state index contributed by atoms with van der Waals surface area (Å²) in [5, 5.41) is 2.67. The Labute approximate surface area is 107 Å². The highest BCUT2D eigenvalue weighted by Crippen LogP contribution is 2.22. The van der Waals surface area contributed by atoms with E-state index in [1.165, 1.54) is 5.56 Å². The van der Waals surface area contributed by atoms with E-state index in [9.17, 15) is 4.79 Å². The Morgan fingerprint density at radius 3 is 2.83 bits per heavy atom. The van der Waals surface area contributed by atoms with Gasteiger partial charge in [-0.3, -0.25) is 9.88 Å². The largest absolute Gasteiger partial charge is 0.443 e. The van der Waals surface area contributed by atoms with Crippen molar-refractivity contribution in [1.82, 2.24) is 15.2 Å². The third-order valence-corrected chi connectivity index (χ3v) is 3.25. The van der Waals surface area contributed by atoms with Gasteiger partial charge in [0.1, 0.15) is 6.10 Å². The molecular formula is C13H19N3O2. The molecule has 0 radical (unpaired) electrons. The molecule has 1 aromatic rings. The van der Waals surface area contributed by atoms with Crippen molar-refractivity contribution < 1.29 is 9.53 Å². The van der Waals surface area contributed by atoms with Gasteiger partial charge in [0.25, 0.3) is 0 Å². The minimum atomic E-state index is -0.314. The van der Waals surface area contributed by atoms with Crippen LogP contribution in [0.1, 0.15) is 24.9 Å². The minimum absolute atomic E-state index is 0.0570. The first-order chi connectivity index (χ1) is 8.70. The number of carbonyl (C=O) groups excluding carboxylic acids is 1. The van der Waals surface area contributed by atoms with E-state index in [1.807, 2.05) is 24.5 Å². The molecule has 1 saturated heterocycles. The second-order valence-corrected chi connectivity index (χ2v) is 4.55. The molecule has 1 N–H and O–H groups in total. The van der Waals surface area contributed by atoms with Gasteiger partial charge in [-0.25, -0.2) is 4.79 Å². The molecule has 1 fully saturated rings. The van der Waals surface area contributed by atoms with E-state index in [4.69, 9.17) is 4.74 Å². The summed E-state index contributed by atoms with van der Waals surface area (Å²) in [5.41, 5.74) is 1.24. The van der Waals surface area contributed by atoms with Crippen molar-refractivity contribution >= 4 is 6.09 Å². The van der Waals surface area contributed by atoms with Crippen molar-refractivity contribution in [3.05, 3.63) is 30.1 Å². The molecule has 2 heterocycles. The summed E-state index contributed by atoms with van der Waals surface area (Å²) in [4.78, 5) is 17.2. The maximum atomic E-state index is 11.0. The number of nitrogens with one attached hydrogen (secondary N) is 1. The Morgan fingerprint density at radius 2 is 2.28 bits per heavy atom. The topological polar surface area (TPSA) is 54.5 Å². The first-order valence-corrected chi connectivity index (χ1v) is 6.25. The molecular weight excluding hydrogens is 230 g/mol. The normalized spacial score (nSPS) is 20.6. The van der Waals surface area contributed by atoms with E-state index >= 15 is 0 Å². The Morgan fingerprint density at radius 1 is 1.56 bits per heavy atom. The van der Waals surface area contributed by atoms with Gasteiger partial charge in [0.2, 0.25) is 0 Å². The van der Waals surface area contributed by atoms with Crippen LogP contribution in [0.3, 0.4) is 0 Å². The molecule has 2 unspecified atom stereocenters. The number of rotatable bonds is 5. The molecule has 18 heavy (non-hydrogen) atoms. The fraction of sp³-hybridized carbons (Fsp3) is 0.538. The summed E-state index contributed by atoms with van der Waals surface area (Å²) in [6, 6.07) is 4.39. The molecule has 0 spiro atoms. The number of alkyl carbamates (subject to hydrolysis) is 1. The number of carbonyl (C=O) groups is 1. The fourth-order valence-corrected chi connectivity index (χ4v) is 2.37. The number of hydrogen-bond donors (Lipinski definition) is 1.